The van der Waals surface area contributed by atoms with E-state index in [2.05, 4.69) is 20.3 Å². The first-order valence-electron chi connectivity index (χ1n) is 8.43. The van der Waals surface area contributed by atoms with Gasteiger partial charge in [-0.3, -0.25) is 4.99 Å². The van der Waals surface area contributed by atoms with Gasteiger partial charge in [-0.2, -0.15) is 13.2 Å². The van der Waals surface area contributed by atoms with Crippen LogP contribution >= 0.6 is 0 Å². The summed E-state index contributed by atoms with van der Waals surface area (Å²) in [6.45, 7) is 5.96. The SMILES string of the molecule is CCNC(=NCC(C)(C)NS(C)(=O)=O)NC1CCCC(C(F)(F)F)C1. The van der Waals surface area contributed by atoms with Crippen LogP contribution in [0.3, 0.4) is 0 Å². The molecule has 148 valence electrons. The van der Waals surface area contributed by atoms with Crippen LogP contribution < -0.4 is 15.4 Å². The number of nitrogens with zero attached hydrogens (tertiary/aromatic N) is 1. The molecule has 0 spiro atoms. The Morgan fingerprint density at radius 3 is 2.40 bits per heavy atom. The summed E-state index contributed by atoms with van der Waals surface area (Å²) in [5, 5.41) is 6.06. The van der Waals surface area contributed by atoms with Gasteiger partial charge in [-0.1, -0.05) is 6.42 Å². The Kier molecular flexibility index (Phi) is 7.54. The third-order valence-electron chi connectivity index (χ3n) is 3.92. The fraction of sp³-hybridized carbons (Fsp3) is 0.933. The monoisotopic (exact) mass is 386 g/mol. The highest BCUT2D eigenvalue weighted by Gasteiger charge is 2.42. The molecule has 2 unspecified atom stereocenters. The average Bonchev–Trinajstić information content (AvgIpc) is 2.42. The van der Waals surface area contributed by atoms with Crippen molar-refractivity contribution in [2.75, 3.05) is 19.3 Å². The Hall–Kier alpha value is -1.03. The summed E-state index contributed by atoms with van der Waals surface area (Å²) in [5.74, 6) is -0.885. The van der Waals surface area contributed by atoms with E-state index in [1.165, 1.54) is 0 Å². The van der Waals surface area contributed by atoms with E-state index in [0.29, 0.717) is 25.3 Å². The van der Waals surface area contributed by atoms with Crippen LogP contribution in [-0.4, -0.2) is 51.5 Å². The highest BCUT2D eigenvalue weighted by atomic mass is 32.2. The minimum atomic E-state index is -4.17. The molecule has 0 aromatic heterocycles. The van der Waals surface area contributed by atoms with Crippen LogP contribution in [0.4, 0.5) is 13.2 Å². The minimum absolute atomic E-state index is 0.0267. The number of hydrogen-bond acceptors (Lipinski definition) is 3. The standard InChI is InChI=1S/C15H29F3N4O2S/c1-5-19-13(20-10-14(2,3)22-25(4,23)24)21-12-8-6-7-11(9-12)15(16,17)18/h11-12,22H,5-10H2,1-4H3,(H2,19,20,21). The Morgan fingerprint density at radius 1 is 1.24 bits per heavy atom. The molecule has 1 aliphatic rings. The van der Waals surface area contributed by atoms with Crippen LogP contribution in [-0.2, 0) is 10.0 Å². The van der Waals surface area contributed by atoms with E-state index in [9.17, 15) is 21.6 Å². The fourth-order valence-electron chi connectivity index (χ4n) is 2.94. The molecule has 0 amide bonds. The lowest BCUT2D eigenvalue weighted by atomic mass is 9.85. The molecule has 0 aliphatic heterocycles. The maximum absolute atomic E-state index is 12.9. The van der Waals surface area contributed by atoms with E-state index in [1.54, 1.807) is 13.8 Å². The lowest BCUT2D eigenvalue weighted by Crippen LogP contribution is -2.49. The number of hydrogen-bond donors (Lipinski definition) is 3. The molecular formula is C15H29F3N4O2S. The Balaban J connectivity index is 2.73. The molecule has 0 aromatic carbocycles. The first-order valence-corrected chi connectivity index (χ1v) is 10.3. The van der Waals surface area contributed by atoms with Gasteiger partial charge in [-0.25, -0.2) is 13.1 Å². The maximum Gasteiger partial charge on any atom is 0.391 e. The van der Waals surface area contributed by atoms with Crippen molar-refractivity contribution in [3.05, 3.63) is 0 Å². The molecule has 0 aromatic rings. The van der Waals surface area contributed by atoms with Gasteiger partial charge in [0, 0.05) is 18.1 Å². The van der Waals surface area contributed by atoms with Crippen LogP contribution in [0.5, 0.6) is 0 Å². The number of guanidine groups is 1. The van der Waals surface area contributed by atoms with E-state index in [4.69, 9.17) is 0 Å². The molecule has 1 aliphatic carbocycles. The van der Waals surface area contributed by atoms with Crippen LogP contribution in [0, 0.1) is 5.92 Å². The van der Waals surface area contributed by atoms with E-state index < -0.39 is 27.7 Å². The molecule has 25 heavy (non-hydrogen) atoms. The molecule has 0 heterocycles. The number of aliphatic imine (C=N–C) groups is 1. The van der Waals surface area contributed by atoms with Gasteiger partial charge in [0.05, 0.1) is 18.7 Å². The summed E-state index contributed by atoms with van der Waals surface area (Å²) in [4.78, 5) is 4.34. The Morgan fingerprint density at radius 2 is 1.88 bits per heavy atom. The van der Waals surface area contributed by atoms with Gasteiger partial charge in [0.1, 0.15) is 0 Å². The molecule has 0 radical (unpaired) electrons. The lowest BCUT2D eigenvalue weighted by molar-refractivity contribution is -0.183. The molecule has 10 heteroatoms. The van der Waals surface area contributed by atoms with E-state index >= 15 is 0 Å². The van der Waals surface area contributed by atoms with Gasteiger partial charge in [-0.05, 0) is 40.0 Å². The lowest BCUT2D eigenvalue weighted by Gasteiger charge is -2.32. The first kappa shape index (κ1) is 22.0. The minimum Gasteiger partial charge on any atom is -0.357 e. The highest BCUT2D eigenvalue weighted by Crippen LogP contribution is 2.37. The van der Waals surface area contributed by atoms with Crippen molar-refractivity contribution in [1.82, 2.24) is 15.4 Å². The third kappa shape index (κ3) is 8.75. The quantitative estimate of drug-likeness (QED) is 0.482. The second-order valence-corrected chi connectivity index (χ2v) is 8.95. The topological polar surface area (TPSA) is 82.6 Å². The van der Waals surface area contributed by atoms with E-state index in [-0.39, 0.29) is 25.4 Å². The van der Waals surface area contributed by atoms with Crippen molar-refractivity contribution < 1.29 is 21.6 Å². The van der Waals surface area contributed by atoms with Gasteiger partial charge < -0.3 is 10.6 Å². The number of alkyl halides is 3. The molecule has 0 bridgehead atoms. The van der Waals surface area contributed by atoms with Gasteiger partial charge >= 0.3 is 6.18 Å². The van der Waals surface area contributed by atoms with Crippen LogP contribution in [0.15, 0.2) is 4.99 Å². The number of sulfonamides is 1. The van der Waals surface area contributed by atoms with Crippen LogP contribution in [0.25, 0.3) is 0 Å². The Labute approximate surface area is 148 Å². The van der Waals surface area contributed by atoms with Crippen molar-refractivity contribution >= 4 is 16.0 Å². The predicted octanol–water partition coefficient (Wildman–Crippen LogP) is 1.99. The first-order chi connectivity index (χ1) is 11.3. The van der Waals surface area contributed by atoms with Gasteiger partial charge in [0.25, 0.3) is 0 Å². The van der Waals surface area contributed by atoms with E-state index in [1.807, 2.05) is 6.92 Å². The van der Waals surface area contributed by atoms with Crippen LogP contribution in [0.2, 0.25) is 0 Å². The second-order valence-electron chi connectivity index (χ2n) is 7.20. The molecule has 6 nitrogen and oxygen atoms in total. The molecule has 1 saturated carbocycles. The molecule has 2 atom stereocenters. The normalized spacial score (nSPS) is 23.4. The number of halogens is 3. The summed E-state index contributed by atoms with van der Waals surface area (Å²) >= 11 is 0. The highest BCUT2D eigenvalue weighted by molar-refractivity contribution is 7.88. The second kappa shape index (κ2) is 8.57. The Bertz CT molecular complexity index is 562. The molecule has 3 N–H and O–H groups in total. The van der Waals surface area contributed by atoms with Crippen molar-refractivity contribution in [3.63, 3.8) is 0 Å². The summed E-state index contributed by atoms with van der Waals surface area (Å²) in [7, 11) is -3.38. The summed E-state index contributed by atoms with van der Waals surface area (Å²) in [6.07, 6.45) is -1.73. The summed E-state index contributed by atoms with van der Waals surface area (Å²) in [6, 6.07) is -0.302. The van der Waals surface area contributed by atoms with Crippen molar-refractivity contribution in [2.24, 2.45) is 10.9 Å². The van der Waals surface area contributed by atoms with Crippen molar-refractivity contribution in [2.45, 2.75) is 64.2 Å². The van der Waals surface area contributed by atoms with Crippen molar-refractivity contribution in [3.8, 4) is 0 Å². The van der Waals surface area contributed by atoms with Crippen molar-refractivity contribution in [1.29, 1.82) is 0 Å². The molecule has 1 fully saturated rings. The zero-order valence-corrected chi connectivity index (χ0v) is 16.0. The molecule has 0 saturated heterocycles. The summed E-state index contributed by atoms with van der Waals surface area (Å²) in [5.41, 5.74) is -0.795. The zero-order valence-electron chi connectivity index (χ0n) is 15.2. The predicted molar refractivity (Wildman–Crippen MR) is 93.0 cm³/mol. The molecule has 1 rings (SSSR count). The smallest absolute Gasteiger partial charge is 0.357 e. The summed E-state index contributed by atoms with van der Waals surface area (Å²) < 4.78 is 64.0. The van der Waals surface area contributed by atoms with Gasteiger partial charge in [0.15, 0.2) is 5.96 Å². The molecular weight excluding hydrogens is 357 g/mol. The third-order valence-corrected chi connectivity index (χ3v) is 4.84. The average molecular weight is 386 g/mol. The number of rotatable bonds is 6. The fourth-order valence-corrected chi connectivity index (χ4v) is 4.01. The van der Waals surface area contributed by atoms with Gasteiger partial charge in [0.2, 0.25) is 10.0 Å². The maximum atomic E-state index is 12.9. The zero-order chi connectivity index (χ0) is 19.3. The van der Waals surface area contributed by atoms with Gasteiger partial charge in [-0.15, -0.1) is 0 Å². The largest absolute Gasteiger partial charge is 0.391 e. The van der Waals surface area contributed by atoms with E-state index in [0.717, 1.165) is 6.26 Å². The van der Waals surface area contributed by atoms with Crippen LogP contribution in [0.1, 0.15) is 46.5 Å². The number of nitrogens with one attached hydrogen (secondary N) is 3.